The van der Waals surface area contributed by atoms with Gasteiger partial charge >= 0.3 is 0 Å². The normalized spacial score (nSPS) is 10.6. The predicted molar refractivity (Wildman–Crippen MR) is 80.3 cm³/mol. The van der Waals surface area contributed by atoms with Crippen LogP contribution in [-0.4, -0.2) is 11.7 Å². The van der Waals surface area contributed by atoms with Crippen molar-refractivity contribution >= 4 is 22.7 Å². The van der Waals surface area contributed by atoms with E-state index in [2.05, 4.69) is 0 Å². The quantitative estimate of drug-likeness (QED) is 0.529. The fraction of sp³-hybridized carbons (Fsp3) is 0.143. The molecule has 5 heteroatoms. The predicted octanol–water partition coefficient (Wildman–Crippen LogP) is 1.22. The number of nitrogens with two attached hydrogens (primary N) is 4. The van der Waals surface area contributed by atoms with Crippen molar-refractivity contribution in [1.82, 2.24) is 0 Å². The summed E-state index contributed by atoms with van der Waals surface area (Å²) in [4.78, 5) is 0. The smallest absolute Gasteiger partial charge is 0.0628 e. The topological polar surface area (TPSA) is 124 Å². The molecule has 0 fully saturated rings. The van der Waals surface area contributed by atoms with E-state index < -0.39 is 0 Å². The lowest BCUT2D eigenvalue weighted by Gasteiger charge is -2.14. The van der Waals surface area contributed by atoms with Crippen molar-refractivity contribution in [1.29, 1.82) is 0 Å². The molecule has 0 radical (unpaired) electrons. The highest BCUT2D eigenvalue weighted by molar-refractivity contribution is 5.91. The Kier molecular flexibility index (Phi) is 3.48. The van der Waals surface area contributed by atoms with E-state index in [9.17, 15) is 0 Å². The van der Waals surface area contributed by atoms with Crippen molar-refractivity contribution in [3.63, 3.8) is 0 Å². The molecule has 5 nitrogen and oxygen atoms in total. The van der Waals surface area contributed by atoms with Crippen LogP contribution in [0.15, 0.2) is 30.3 Å². The monoisotopic (exact) mass is 258 g/mol. The third-order valence-corrected chi connectivity index (χ3v) is 3.04. The van der Waals surface area contributed by atoms with Crippen molar-refractivity contribution in [2.75, 3.05) is 29.5 Å². The minimum Gasteiger partial charge on any atom is -0.399 e. The van der Waals surface area contributed by atoms with E-state index in [-0.39, 0.29) is 6.61 Å². The molecule has 0 aliphatic rings. The fourth-order valence-electron chi connectivity index (χ4n) is 2.04. The van der Waals surface area contributed by atoms with Gasteiger partial charge < -0.3 is 28.0 Å². The number of aliphatic hydroxyl groups excluding tert-OH is 1. The molecule has 0 saturated carbocycles. The van der Waals surface area contributed by atoms with Crippen LogP contribution in [0.1, 0.15) is 5.56 Å². The van der Waals surface area contributed by atoms with Gasteiger partial charge in [0.2, 0.25) is 0 Å². The molecule has 0 bridgehead atoms. The lowest BCUT2D eigenvalue weighted by molar-refractivity contribution is 0.299. The first-order chi connectivity index (χ1) is 9.02. The van der Waals surface area contributed by atoms with Gasteiger partial charge in [-0.3, -0.25) is 0 Å². The van der Waals surface area contributed by atoms with Gasteiger partial charge in [-0.25, -0.2) is 0 Å². The van der Waals surface area contributed by atoms with Gasteiger partial charge in [0, 0.05) is 29.1 Å². The minimum absolute atomic E-state index is 0.0508. The van der Waals surface area contributed by atoms with Gasteiger partial charge in [0.1, 0.15) is 0 Å². The van der Waals surface area contributed by atoms with E-state index in [1.165, 1.54) is 0 Å². The minimum atomic E-state index is 0.0508. The Morgan fingerprint density at radius 3 is 2.26 bits per heavy atom. The maximum absolute atomic E-state index is 9.02. The standard InChI is InChI=1S/C14H18N4O/c15-9-1-2-12(16)10(7-9)11-5-8(3-4-19)6-13(17)14(11)18/h1-2,5-7,19H,3-4,15-18H2. The van der Waals surface area contributed by atoms with Gasteiger partial charge in [-0.05, 0) is 42.3 Å². The van der Waals surface area contributed by atoms with Gasteiger partial charge in [0.15, 0.2) is 0 Å². The molecule has 2 aromatic rings. The summed E-state index contributed by atoms with van der Waals surface area (Å²) in [6.45, 7) is 0.0508. The third-order valence-electron chi connectivity index (χ3n) is 3.04. The van der Waals surface area contributed by atoms with Crippen LogP contribution >= 0.6 is 0 Å². The lowest BCUT2D eigenvalue weighted by Crippen LogP contribution is -2.02. The maximum atomic E-state index is 9.02. The molecule has 0 aromatic heterocycles. The summed E-state index contributed by atoms with van der Waals surface area (Å²) < 4.78 is 0. The molecule has 0 unspecified atom stereocenters. The summed E-state index contributed by atoms with van der Waals surface area (Å²) in [6, 6.07) is 8.88. The second-order valence-electron chi connectivity index (χ2n) is 4.47. The summed E-state index contributed by atoms with van der Waals surface area (Å²) in [5.41, 5.74) is 28.2. The molecule has 0 aliphatic carbocycles. The van der Waals surface area contributed by atoms with E-state index in [1.54, 1.807) is 24.3 Å². The van der Waals surface area contributed by atoms with Crippen LogP contribution < -0.4 is 22.9 Å². The number of nitrogen functional groups attached to an aromatic ring is 4. The highest BCUT2D eigenvalue weighted by Crippen LogP contribution is 2.36. The zero-order valence-corrected chi connectivity index (χ0v) is 10.6. The number of benzene rings is 2. The number of hydrogen-bond acceptors (Lipinski definition) is 5. The molecule has 2 rings (SSSR count). The second kappa shape index (κ2) is 5.07. The molecule has 9 N–H and O–H groups in total. The number of rotatable bonds is 3. The number of hydrogen-bond donors (Lipinski definition) is 5. The Labute approximate surface area is 111 Å². The highest BCUT2D eigenvalue weighted by Gasteiger charge is 2.11. The van der Waals surface area contributed by atoms with Gasteiger partial charge in [0.05, 0.1) is 11.4 Å². The zero-order valence-electron chi connectivity index (χ0n) is 10.6. The van der Waals surface area contributed by atoms with E-state index in [0.717, 1.165) is 16.7 Å². The molecule has 2 aromatic carbocycles. The first-order valence-electron chi connectivity index (χ1n) is 5.97. The molecular weight excluding hydrogens is 240 g/mol. The Balaban J connectivity index is 2.63. The molecular formula is C14H18N4O. The maximum Gasteiger partial charge on any atom is 0.0628 e. The zero-order chi connectivity index (χ0) is 14.0. The molecule has 0 aliphatic heterocycles. The van der Waals surface area contributed by atoms with Crippen LogP contribution in [0.25, 0.3) is 11.1 Å². The van der Waals surface area contributed by atoms with Crippen LogP contribution in [0.3, 0.4) is 0 Å². The first kappa shape index (κ1) is 13.0. The molecule has 0 saturated heterocycles. The summed E-state index contributed by atoms with van der Waals surface area (Å²) >= 11 is 0. The second-order valence-corrected chi connectivity index (χ2v) is 4.47. The molecule has 0 amide bonds. The Hall–Kier alpha value is -2.40. The van der Waals surface area contributed by atoms with Gasteiger partial charge in [0.25, 0.3) is 0 Å². The van der Waals surface area contributed by atoms with E-state index in [1.807, 2.05) is 6.07 Å². The summed E-state index contributed by atoms with van der Waals surface area (Å²) in [5.74, 6) is 0. The van der Waals surface area contributed by atoms with Crippen LogP contribution in [0.5, 0.6) is 0 Å². The number of anilines is 4. The first-order valence-corrected chi connectivity index (χ1v) is 5.97. The third kappa shape index (κ3) is 2.56. The molecule has 0 atom stereocenters. The number of aliphatic hydroxyl groups is 1. The van der Waals surface area contributed by atoms with Crippen molar-refractivity contribution in [3.8, 4) is 11.1 Å². The van der Waals surface area contributed by atoms with E-state index in [4.69, 9.17) is 28.0 Å². The SMILES string of the molecule is Nc1ccc(N)c(-c2cc(CCO)cc(N)c2N)c1. The Morgan fingerprint density at radius 2 is 1.58 bits per heavy atom. The van der Waals surface area contributed by atoms with Gasteiger partial charge in [-0.2, -0.15) is 0 Å². The summed E-state index contributed by atoms with van der Waals surface area (Å²) in [7, 11) is 0. The van der Waals surface area contributed by atoms with Crippen LogP contribution in [0.2, 0.25) is 0 Å². The van der Waals surface area contributed by atoms with Crippen molar-refractivity contribution < 1.29 is 5.11 Å². The van der Waals surface area contributed by atoms with Gasteiger partial charge in [-0.1, -0.05) is 0 Å². The average Bonchev–Trinajstić information content (AvgIpc) is 2.37. The van der Waals surface area contributed by atoms with Crippen molar-refractivity contribution in [2.45, 2.75) is 6.42 Å². The Bertz CT molecular complexity index is 611. The average molecular weight is 258 g/mol. The summed E-state index contributed by atoms with van der Waals surface area (Å²) in [6.07, 6.45) is 0.514. The van der Waals surface area contributed by atoms with Crippen LogP contribution in [0, 0.1) is 0 Å². The fourth-order valence-corrected chi connectivity index (χ4v) is 2.04. The molecule has 0 heterocycles. The summed E-state index contributed by atoms with van der Waals surface area (Å²) in [5, 5.41) is 9.02. The lowest BCUT2D eigenvalue weighted by atomic mass is 9.97. The Morgan fingerprint density at radius 1 is 0.842 bits per heavy atom. The van der Waals surface area contributed by atoms with Crippen molar-refractivity contribution in [2.24, 2.45) is 0 Å². The van der Waals surface area contributed by atoms with Gasteiger partial charge in [-0.15, -0.1) is 0 Å². The van der Waals surface area contributed by atoms with Crippen molar-refractivity contribution in [3.05, 3.63) is 35.9 Å². The van der Waals surface area contributed by atoms with Crippen LogP contribution in [-0.2, 0) is 6.42 Å². The molecule has 19 heavy (non-hydrogen) atoms. The largest absolute Gasteiger partial charge is 0.399 e. The van der Waals surface area contributed by atoms with E-state index in [0.29, 0.717) is 29.2 Å². The highest BCUT2D eigenvalue weighted by atomic mass is 16.2. The molecule has 0 spiro atoms. The van der Waals surface area contributed by atoms with E-state index >= 15 is 0 Å². The molecule has 100 valence electrons. The van der Waals surface area contributed by atoms with Crippen LogP contribution in [0.4, 0.5) is 22.7 Å².